The predicted octanol–water partition coefficient (Wildman–Crippen LogP) is 3.83. The molecule has 2 aliphatic rings. The first kappa shape index (κ1) is 15.3. The minimum Gasteiger partial charge on any atom is -0.391 e. The second kappa shape index (κ2) is 6.58. The van der Waals surface area contributed by atoms with E-state index < -0.39 is 0 Å². The van der Waals surface area contributed by atoms with Gasteiger partial charge in [0.15, 0.2) is 0 Å². The summed E-state index contributed by atoms with van der Waals surface area (Å²) >= 11 is 0. The summed E-state index contributed by atoms with van der Waals surface area (Å²) in [6.45, 7) is 9.17. The number of hydrogen-bond donors (Lipinski definition) is 1. The summed E-state index contributed by atoms with van der Waals surface area (Å²) in [6, 6.07) is 0. The van der Waals surface area contributed by atoms with Crippen LogP contribution in [0.3, 0.4) is 0 Å². The summed E-state index contributed by atoms with van der Waals surface area (Å²) in [5.74, 6) is 1.45. The number of nitrogens with zero attached hydrogens (tertiary/aromatic N) is 1. The Morgan fingerprint density at radius 2 is 1.63 bits per heavy atom. The highest BCUT2D eigenvalue weighted by atomic mass is 16.3. The van der Waals surface area contributed by atoms with Crippen LogP contribution in [0.25, 0.3) is 0 Å². The van der Waals surface area contributed by atoms with Gasteiger partial charge in [0.25, 0.3) is 0 Å². The number of piperidine rings is 1. The monoisotopic (exact) mass is 267 g/mol. The highest BCUT2D eigenvalue weighted by Crippen LogP contribution is 2.37. The molecule has 0 aromatic heterocycles. The van der Waals surface area contributed by atoms with E-state index in [-0.39, 0.29) is 11.6 Å². The van der Waals surface area contributed by atoms with Crippen LogP contribution in [0, 0.1) is 11.8 Å². The lowest BCUT2D eigenvalue weighted by Gasteiger charge is -2.47. The number of hydrogen-bond acceptors (Lipinski definition) is 2. The zero-order valence-electron chi connectivity index (χ0n) is 13.2. The lowest BCUT2D eigenvalue weighted by atomic mass is 9.73. The van der Waals surface area contributed by atoms with Crippen LogP contribution in [0.2, 0.25) is 0 Å². The highest BCUT2D eigenvalue weighted by molar-refractivity contribution is 4.94. The molecule has 2 nitrogen and oxygen atoms in total. The predicted molar refractivity (Wildman–Crippen MR) is 81.2 cm³/mol. The molecule has 0 bridgehead atoms. The normalized spacial score (nSPS) is 32.2. The Kier molecular flexibility index (Phi) is 5.30. The fourth-order valence-electron chi connectivity index (χ4n) is 4.15. The van der Waals surface area contributed by atoms with E-state index >= 15 is 0 Å². The third kappa shape index (κ3) is 3.52. The zero-order valence-corrected chi connectivity index (χ0v) is 13.2. The molecule has 1 aliphatic carbocycles. The molecular weight excluding hydrogens is 234 g/mol. The van der Waals surface area contributed by atoms with E-state index in [1.54, 1.807) is 0 Å². The molecule has 2 heteroatoms. The van der Waals surface area contributed by atoms with Crippen molar-refractivity contribution in [2.24, 2.45) is 11.8 Å². The molecule has 0 amide bonds. The van der Waals surface area contributed by atoms with Crippen molar-refractivity contribution in [2.75, 3.05) is 13.1 Å². The van der Waals surface area contributed by atoms with E-state index in [9.17, 15) is 5.11 Å². The Morgan fingerprint density at radius 3 is 2.16 bits per heavy atom. The highest BCUT2D eigenvalue weighted by Gasteiger charge is 2.40. The Balaban J connectivity index is 1.92. The van der Waals surface area contributed by atoms with E-state index in [0.29, 0.717) is 5.92 Å². The van der Waals surface area contributed by atoms with Crippen molar-refractivity contribution in [3.05, 3.63) is 0 Å². The van der Waals surface area contributed by atoms with E-state index in [0.717, 1.165) is 5.92 Å². The maximum atomic E-state index is 10.9. The van der Waals surface area contributed by atoms with Gasteiger partial charge in [0.05, 0.1) is 6.10 Å². The quantitative estimate of drug-likeness (QED) is 0.837. The molecule has 112 valence electrons. The summed E-state index contributed by atoms with van der Waals surface area (Å²) in [7, 11) is 0. The van der Waals surface area contributed by atoms with Gasteiger partial charge in [-0.2, -0.15) is 0 Å². The number of aliphatic hydroxyl groups is 1. The molecule has 1 unspecified atom stereocenters. The summed E-state index contributed by atoms with van der Waals surface area (Å²) in [6.07, 6.45) is 10.3. The van der Waals surface area contributed by atoms with Crippen LogP contribution < -0.4 is 0 Å². The molecule has 1 saturated carbocycles. The average Bonchev–Trinajstić information content (AvgIpc) is 2.47. The van der Waals surface area contributed by atoms with Gasteiger partial charge in [0, 0.05) is 5.54 Å². The first-order valence-corrected chi connectivity index (χ1v) is 8.48. The van der Waals surface area contributed by atoms with Crippen LogP contribution in [-0.2, 0) is 0 Å². The van der Waals surface area contributed by atoms with Gasteiger partial charge >= 0.3 is 0 Å². The number of likely N-dealkylation sites (tertiary alicyclic amines) is 1. The molecule has 0 spiro atoms. The summed E-state index contributed by atoms with van der Waals surface area (Å²) in [5, 5.41) is 10.9. The molecular formula is C17H33NO. The molecule has 2 fully saturated rings. The van der Waals surface area contributed by atoms with Crippen LogP contribution in [0.1, 0.15) is 72.1 Å². The van der Waals surface area contributed by atoms with Crippen LogP contribution in [0.5, 0.6) is 0 Å². The second-order valence-electron chi connectivity index (χ2n) is 7.34. The van der Waals surface area contributed by atoms with Crippen LogP contribution >= 0.6 is 0 Å². The maximum absolute atomic E-state index is 10.9. The van der Waals surface area contributed by atoms with Crippen molar-refractivity contribution < 1.29 is 5.11 Å². The zero-order chi connectivity index (χ0) is 13.9. The topological polar surface area (TPSA) is 23.5 Å². The van der Waals surface area contributed by atoms with E-state index in [4.69, 9.17) is 0 Å². The third-order valence-corrected chi connectivity index (χ3v) is 5.81. The van der Waals surface area contributed by atoms with Gasteiger partial charge in [-0.05, 0) is 64.5 Å². The van der Waals surface area contributed by atoms with Crippen molar-refractivity contribution >= 4 is 0 Å². The Hall–Kier alpha value is -0.0800. The Labute approximate surface area is 119 Å². The van der Waals surface area contributed by atoms with Crippen molar-refractivity contribution in [1.29, 1.82) is 0 Å². The fraction of sp³-hybridized carbons (Fsp3) is 1.00. The van der Waals surface area contributed by atoms with Gasteiger partial charge in [-0.1, -0.05) is 32.6 Å². The number of aliphatic hydroxyl groups excluding tert-OH is 1. The second-order valence-corrected chi connectivity index (χ2v) is 7.34. The molecule has 2 rings (SSSR count). The van der Waals surface area contributed by atoms with Crippen LogP contribution in [0.15, 0.2) is 0 Å². The summed E-state index contributed by atoms with van der Waals surface area (Å²) in [5.41, 5.74) is -0.0376. The maximum Gasteiger partial charge on any atom is 0.0746 e. The van der Waals surface area contributed by atoms with Gasteiger partial charge in [-0.15, -0.1) is 0 Å². The molecule has 1 saturated heterocycles. The molecule has 0 aromatic rings. The number of rotatable bonds is 4. The fourth-order valence-corrected chi connectivity index (χ4v) is 4.15. The van der Waals surface area contributed by atoms with Crippen LogP contribution in [-0.4, -0.2) is 34.7 Å². The van der Waals surface area contributed by atoms with E-state index in [1.165, 1.54) is 64.5 Å². The lowest BCUT2D eigenvalue weighted by Crippen LogP contribution is -2.56. The minimum atomic E-state index is -0.150. The van der Waals surface area contributed by atoms with Gasteiger partial charge < -0.3 is 5.11 Å². The van der Waals surface area contributed by atoms with Crippen molar-refractivity contribution in [3.63, 3.8) is 0 Å². The van der Waals surface area contributed by atoms with Crippen molar-refractivity contribution in [2.45, 2.75) is 83.8 Å². The van der Waals surface area contributed by atoms with Gasteiger partial charge in [0.2, 0.25) is 0 Å². The molecule has 0 aromatic carbocycles. The van der Waals surface area contributed by atoms with Gasteiger partial charge in [-0.25, -0.2) is 0 Å². The minimum absolute atomic E-state index is 0.0376. The molecule has 1 atom stereocenters. The molecule has 1 N–H and O–H groups in total. The van der Waals surface area contributed by atoms with Gasteiger partial charge in [0.1, 0.15) is 0 Å². The van der Waals surface area contributed by atoms with Crippen LogP contribution in [0.4, 0.5) is 0 Å². The van der Waals surface area contributed by atoms with Crippen molar-refractivity contribution in [1.82, 2.24) is 4.90 Å². The molecule has 19 heavy (non-hydrogen) atoms. The Morgan fingerprint density at radius 1 is 1.05 bits per heavy atom. The lowest BCUT2D eigenvalue weighted by molar-refractivity contribution is -0.0598. The summed E-state index contributed by atoms with van der Waals surface area (Å²) < 4.78 is 0. The SMILES string of the molecule is CCC1CCC(C(O)C(C)(C)N2CCCCC2)CC1. The smallest absolute Gasteiger partial charge is 0.0746 e. The molecule has 1 heterocycles. The molecule has 0 radical (unpaired) electrons. The third-order valence-electron chi connectivity index (χ3n) is 5.81. The molecule has 1 aliphatic heterocycles. The summed E-state index contributed by atoms with van der Waals surface area (Å²) in [4.78, 5) is 2.53. The average molecular weight is 267 g/mol. The van der Waals surface area contributed by atoms with Gasteiger partial charge in [-0.3, -0.25) is 4.90 Å². The Bertz CT molecular complexity index is 262. The largest absolute Gasteiger partial charge is 0.391 e. The first-order chi connectivity index (χ1) is 9.05. The van der Waals surface area contributed by atoms with E-state index in [1.807, 2.05) is 0 Å². The van der Waals surface area contributed by atoms with Crippen molar-refractivity contribution in [3.8, 4) is 0 Å². The standard InChI is InChI=1S/C17H33NO/c1-4-14-8-10-15(11-9-14)16(19)17(2,3)18-12-6-5-7-13-18/h14-16,19H,4-13H2,1-3H3. The first-order valence-electron chi connectivity index (χ1n) is 8.48. The van der Waals surface area contributed by atoms with E-state index in [2.05, 4.69) is 25.7 Å².